The molecule has 1 rings (SSSR count). The van der Waals surface area contributed by atoms with Gasteiger partial charge in [0.15, 0.2) is 0 Å². The van der Waals surface area contributed by atoms with E-state index in [2.05, 4.69) is 13.8 Å². The highest BCUT2D eigenvalue weighted by atomic mass is 16.5. The molecule has 0 radical (unpaired) electrons. The molecule has 1 N–H and O–H groups in total. The molecule has 1 saturated carbocycles. The minimum atomic E-state index is -0.775. The Morgan fingerprint density at radius 1 is 1.32 bits per heavy atom. The van der Waals surface area contributed by atoms with Crippen LogP contribution in [0.15, 0.2) is 0 Å². The fraction of sp³-hybridized carbons (Fsp3) is 0.857. The second-order valence-electron chi connectivity index (χ2n) is 5.72. The molecule has 0 aromatic carbocycles. The molecule has 1 aliphatic carbocycles. The largest absolute Gasteiger partial charge is 0.481 e. The fourth-order valence-electron chi connectivity index (χ4n) is 2.62. The minimum absolute atomic E-state index is 0.0921. The molecule has 0 saturated heterocycles. The lowest BCUT2D eigenvalue weighted by Crippen LogP contribution is -2.40. The van der Waals surface area contributed by atoms with E-state index in [9.17, 15) is 9.59 Å². The first-order valence-corrected chi connectivity index (χ1v) is 6.96. The van der Waals surface area contributed by atoms with E-state index in [1.165, 1.54) is 0 Å². The quantitative estimate of drug-likeness (QED) is 0.764. The van der Waals surface area contributed by atoms with Gasteiger partial charge < -0.3 is 14.7 Å². The number of ether oxygens (including phenoxy) is 1. The number of carboxylic acids is 1. The van der Waals surface area contributed by atoms with E-state index in [0.717, 1.165) is 0 Å². The number of carboxylic acid groups (broad SMARTS) is 1. The summed E-state index contributed by atoms with van der Waals surface area (Å²) in [5, 5.41) is 8.99. The van der Waals surface area contributed by atoms with Gasteiger partial charge in [0.05, 0.1) is 12.5 Å². The van der Waals surface area contributed by atoms with Gasteiger partial charge >= 0.3 is 5.97 Å². The van der Waals surface area contributed by atoms with Crippen LogP contribution in [0.4, 0.5) is 0 Å². The molecule has 5 heteroatoms. The van der Waals surface area contributed by atoms with Crippen LogP contribution in [0, 0.1) is 17.8 Å². The van der Waals surface area contributed by atoms with Crippen molar-refractivity contribution in [2.45, 2.75) is 33.1 Å². The predicted octanol–water partition coefficient (Wildman–Crippen LogP) is 1.62. The molecule has 0 bridgehead atoms. The molecule has 1 fully saturated rings. The Morgan fingerprint density at radius 3 is 2.42 bits per heavy atom. The van der Waals surface area contributed by atoms with Crippen molar-refractivity contribution < 1.29 is 19.4 Å². The Bertz CT molecular complexity index is 317. The molecule has 0 heterocycles. The van der Waals surface area contributed by atoms with E-state index in [1.54, 1.807) is 7.11 Å². The molecule has 2 atom stereocenters. The average molecular weight is 271 g/mol. The average Bonchev–Trinajstić information content (AvgIpc) is 2.82. The van der Waals surface area contributed by atoms with Crippen molar-refractivity contribution in [2.24, 2.45) is 17.8 Å². The van der Waals surface area contributed by atoms with Gasteiger partial charge in [-0.25, -0.2) is 0 Å². The van der Waals surface area contributed by atoms with Gasteiger partial charge in [0.2, 0.25) is 5.91 Å². The standard InChI is InChI=1S/C14H25NO4/c1-10(2)9-15(6-7-19-3)13(16)11-4-5-12(8-11)14(17)18/h10-12H,4-9H2,1-3H3,(H,17,18)/t11-,12+/m1/s1. The van der Waals surface area contributed by atoms with Gasteiger partial charge in [-0.1, -0.05) is 13.8 Å². The van der Waals surface area contributed by atoms with Crippen molar-refractivity contribution >= 4 is 11.9 Å². The minimum Gasteiger partial charge on any atom is -0.481 e. The zero-order chi connectivity index (χ0) is 14.4. The molecule has 5 nitrogen and oxygen atoms in total. The molecule has 110 valence electrons. The number of hydrogen-bond donors (Lipinski definition) is 1. The molecule has 0 aromatic rings. The molecule has 1 amide bonds. The number of hydrogen-bond acceptors (Lipinski definition) is 3. The highest BCUT2D eigenvalue weighted by Crippen LogP contribution is 2.32. The van der Waals surface area contributed by atoms with Gasteiger partial charge in [0, 0.05) is 26.1 Å². The van der Waals surface area contributed by atoms with E-state index in [4.69, 9.17) is 9.84 Å². The maximum Gasteiger partial charge on any atom is 0.306 e. The second-order valence-corrected chi connectivity index (χ2v) is 5.72. The number of nitrogens with zero attached hydrogens (tertiary/aromatic N) is 1. The number of methoxy groups -OCH3 is 1. The Morgan fingerprint density at radius 2 is 1.95 bits per heavy atom. The molecule has 0 aromatic heterocycles. The van der Waals surface area contributed by atoms with Crippen LogP contribution in [0.1, 0.15) is 33.1 Å². The fourth-order valence-corrected chi connectivity index (χ4v) is 2.62. The molecular formula is C14H25NO4. The lowest BCUT2D eigenvalue weighted by molar-refractivity contribution is -0.141. The van der Waals surface area contributed by atoms with Crippen molar-refractivity contribution in [3.05, 3.63) is 0 Å². The first kappa shape index (κ1) is 16.0. The third kappa shape index (κ3) is 4.82. The van der Waals surface area contributed by atoms with Crippen molar-refractivity contribution in [1.29, 1.82) is 0 Å². The topological polar surface area (TPSA) is 66.8 Å². The first-order valence-electron chi connectivity index (χ1n) is 6.96. The lowest BCUT2D eigenvalue weighted by Gasteiger charge is -2.27. The predicted molar refractivity (Wildman–Crippen MR) is 71.8 cm³/mol. The van der Waals surface area contributed by atoms with Crippen LogP contribution in [0.3, 0.4) is 0 Å². The Kier molecular flexibility index (Phi) is 6.28. The Labute approximate surface area is 114 Å². The molecule has 0 unspecified atom stereocenters. The molecule has 0 spiro atoms. The highest BCUT2D eigenvalue weighted by Gasteiger charge is 2.35. The summed E-state index contributed by atoms with van der Waals surface area (Å²) in [5.41, 5.74) is 0. The summed E-state index contributed by atoms with van der Waals surface area (Å²) in [7, 11) is 1.62. The van der Waals surface area contributed by atoms with Gasteiger partial charge in [-0.2, -0.15) is 0 Å². The van der Waals surface area contributed by atoms with Gasteiger partial charge in [-0.05, 0) is 25.2 Å². The van der Waals surface area contributed by atoms with Crippen LogP contribution in [0.5, 0.6) is 0 Å². The van der Waals surface area contributed by atoms with E-state index in [-0.39, 0.29) is 17.7 Å². The first-order chi connectivity index (χ1) is 8.95. The summed E-state index contributed by atoms with van der Waals surface area (Å²) < 4.78 is 5.04. The SMILES string of the molecule is COCCN(CC(C)C)C(=O)[C@@H]1CC[C@H](C(=O)O)C1. The summed E-state index contributed by atoms with van der Waals surface area (Å²) in [5.74, 6) is -0.761. The van der Waals surface area contributed by atoms with Crippen LogP contribution in [0.2, 0.25) is 0 Å². The highest BCUT2D eigenvalue weighted by molar-refractivity contribution is 5.81. The number of amides is 1. The lowest BCUT2D eigenvalue weighted by atomic mass is 10.0. The zero-order valence-corrected chi connectivity index (χ0v) is 12.1. The summed E-state index contributed by atoms with van der Waals surface area (Å²) in [4.78, 5) is 25.2. The summed E-state index contributed by atoms with van der Waals surface area (Å²) in [6.45, 7) is 5.95. The summed E-state index contributed by atoms with van der Waals surface area (Å²) in [6.07, 6.45) is 1.79. The van der Waals surface area contributed by atoms with Gasteiger partial charge in [0.1, 0.15) is 0 Å². The molecule has 19 heavy (non-hydrogen) atoms. The monoisotopic (exact) mass is 271 g/mol. The third-order valence-corrected chi connectivity index (χ3v) is 3.59. The van der Waals surface area contributed by atoms with Gasteiger partial charge in [0.25, 0.3) is 0 Å². The molecular weight excluding hydrogens is 246 g/mol. The van der Waals surface area contributed by atoms with Crippen molar-refractivity contribution in [2.75, 3.05) is 26.8 Å². The van der Waals surface area contributed by atoms with Crippen LogP contribution in [-0.2, 0) is 14.3 Å². The van der Waals surface area contributed by atoms with E-state index in [0.29, 0.717) is 44.9 Å². The van der Waals surface area contributed by atoms with Crippen LogP contribution in [-0.4, -0.2) is 48.7 Å². The van der Waals surface area contributed by atoms with E-state index < -0.39 is 5.97 Å². The zero-order valence-electron chi connectivity index (χ0n) is 12.1. The van der Waals surface area contributed by atoms with Crippen molar-refractivity contribution in [3.8, 4) is 0 Å². The normalized spacial score (nSPS) is 22.7. The van der Waals surface area contributed by atoms with Crippen LogP contribution < -0.4 is 0 Å². The maximum atomic E-state index is 12.4. The van der Waals surface area contributed by atoms with Crippen molar-refractivity contribution in [1.82, 2.24) is 4.90 Å². The van der Waals surface area contributed by atoms with Gasteiger partial charge in [-0.3, -0.25) is 9.59 Å². The number of carbonyl (C=O) groups is 2. The second kappa shape index (κ2) is 7.48. The van der Waals surface area contributed by atoms with Crippen molar-refractivity contribution in [3.63, 3.8) is 0 Å². The van der Waals surface area contributed by atoms with Gasteiger partial charge in [-0.15, -0.1) is 0 Å². The Hall–Kier alpha value is -1.10. The molecule has 0 aliphatic heterocycles. The van der Waals surface area contributed by atoms with E-state index in [1.807, 2.05) is 4.90 Å². The van der Waals surface area contributed by atoms with Crippen LogP contribution in [0.25, 0.3) is 0 Å². The summed E-state index contributed by atoms with van der Waals surface area (Å²) >= 11 is 0. The van der Waals surface area contributed by atoms with E-state index >= 15 is 0 Å². The maximum absolute atomic E-state index is 12.4. The Balaban J connectivity index is 2.58. The van der Waals surface area contributed by atoms with Crippen LogP contribution >= 0.6 is 0 Å². The number of rotatable bonds is 7. The number of aliphatic carboxylic acids is 1. The smallest absolute Gasteiger partial charge is 0.306 e. The molecule has 1 aliphatic rings. The number of carbonyl (C=O) groups excluding carboxylic acids is 1. The third-order valence-electron chi connectivity index (χ3n) is 3.59. The summed E-state index contributed by atoms with van der Waals surface area (Å²) in [6, 6.07) is 0.